The highest BCUT2D eigenvalue weighted by Crippen LogP contribution is 2.44. The molecule has 0 unspecified atom stereocenters. The molecule has 0 N–H and O–H groups in total. The second-order valence-electron chi connectivity index (χ2n) is 2.95. The summed E-state index contributed by atoms with van der Waals surface area (Å²) in [6.45, 7) is 0. The number of benzene rings is 1. The lowest BCUT2D eigenvalue weighted by Gasteiger charge is -2.11. The number of halogens is 3. The Morgan fingerprint density at radius 1 is 1.33 bits per heavy atom. The van der Waals surface area contributed by atoms with Crippen LogP contribution in [0.4, 0.5) is 10.1 Å². The van der Waals surface area contributed by atoms with Gasteiger partial charge in [0, 0.05) is 0 Å². The second-order valence-corrected chi connectivity index (χ2v) is 4.53. The summed E-state index contributed by atoms with van der Waals surface area (Å²) in [6, 6.07) is 0. The maximum atomic E-state index is 14.0. The first-order valence-electron chi connectivity index (χ1n) is 4.33. The van der Waals surface area contributed by atoms with Crippen molar-refractivity contribution >= 4 is 43.5 Å². The molecule has 1 aromatic rings. The van der Waals surface area contributed by atoms with Gasteiger partial charge >= 0.3 is 11.7 Å². The van der Waals surface area contributed by atoms with Gasteiger partial charge in [-0.3, -0.25) is 10.1 Å². The summed E-state index contributed by atoms with van der Waals surface area (Å²) in [7, 11) is 2.16. The smallest absolute Gasteiger partial charge is 0.342 e. The first kappa shape index (κ1) is 14.8. The number of carbonyl (C=O) groups excluding carboxylic acids is 1. The lowest BCUT2D eigenvalue weighted by Crippen LogP contribution is -2.10. The Labute approximate surface area is 117 Å². The minimum absolute atomic E-state index is 0.202. The third-order valence-corrected chi connectivity index (χ3v) is 3.54. The molecule has 0 heterocycles. The molecule has 0 aromatic heterocycles. The number of hydrogen-bond donors (Lipinski definition) is 0. The molecule has 1 aromatic carbocycles. The van der Waals surface area contributed by atoms with Crippen LogP contribution in [-0.2, 0) is 4.74 Å². The van der Waals surface area contributed by atoms with Crippen LogP contribution in [0, 0.1) is 15.9 Å². The predicted molar refractivity (Wildman–Crippen MR) is 66.3 cm³/mol. The first-order valence-corrected chi connectivity index (χ1v) is 5.92. The average molecular weight is 387 g/mol. The van der Waals surface area contributed by atoms with Crippen LogP contribution in [0.15, 0.2) is 8.95 Å². The van der Waals surface area contributed by atoms with E-state index in [1.165, 1.54) is 0 Å². The maximum Gasteiger partial charge on any atom is 0.342 e. The molecule has 9 heteroatoms. The van der Waals surface area contributed by atoms with Crippen molar-refractivity contribution in [3.05, 3.63) is 30.4 Å². The Morgan fingerprint density at radius 2 is 1.89 bits per heavy atom. The van der Waals surface area contributed by atoms with Crippen molar-refractivity contribution in [2.75, 3.05) is 14.2 Å². The number of hydrogen-bond acceptors (Lipinski definition) is 5. The van der Waals surface area contributed by atoms with Gasteiger partial charge in [-0.05, 0) is 31.9 Å². The van der Waals surface area contributed by atoms with E-state index in [4.69, 9.17) is 4.74 Å². The molecule has 0 aliphatic rings. The van der Waals surface area contributed by atoms with Gasteiger partial charge in [0.25, 0.3) is 0 Å². The average Bonchev–Trinajstić information content (AvgIpc) is 2.28. The first-order chi connectivity index (χ1) is 8.36. The van der Waals surface area contributed by atoms with E-state index in [0.29, 0.717) is 0 Å². The lowest BCUT2D eigenvalue weighted by molar-refractivity contribution is -0.386. The monoisotopic (exact) mass is 385 g/mol. The number of nitro benzene ring substituents is 1. The molecule has 0 saturated carbocycles. The van der Waals surface area contributed by atoms with Gasteiger partial charge in [-0.25, -0.2) is 9.18 Å². The summed E-state index contributed by atoms with van der Waals surface area (Å²) in [4.78, 5) is 21.5. The van der Waals surface area contributed by atoms with Crippen molar-refractivity contribution < 1.29 is 23.6 Å². The number of methoxy groups -OCH3 is 2. The summed E-state index contributed by atoms with van der Waals surface area (Å²) in [5, 5.41) is 10.9. The third kappa shape index (κ3) is 2.32. The Hall–Kier alpha value is -1.22. The molecule has 0 aliphatic carbocycles. The van der Waals surface area contributed by atoms with Crippen LogP contribution in [-0.4, -0.2) is 25.1 Å². The Kier molecular flexibility index (Phi) is 4.63. The van der Waals surface area contributed by atoms with E-state index in [2.05, 4.69) is 36.6 Å². The summed E-state index contributed by atoms with van der Waals surface area (Å²) < 4.78 is 22.5. The van der Waals surface area contributed by atoms with Crippen LogP contribution in [0.5, 0.6) is 5.75 Å². The molecular formula is C9H6Br2FNO5. The highest BCUT2D eigenvalue weighted by molar-refractivity contribution is 9.11. The van der Waals surface area contributed by atoms with Crippen molar-refractivity contribution in [3.8, 4) is 5.75 Å². The van der Waals surface area contributed by atoms with E-state index in [9.17, 15) is 19.3 Å². The molecule has 0 spiro atoms. The van der Waals surface area contributed by atoms with Gasteiger partial charge in [-0.1, -0.05) is 0 Å². The number of nitrogens with zero attached hydrogens (tertiary/aromatic N) is 1. The van der Waals surface area contributed by atoms with Gasteiger partial charge in [-0.2, -0.15) is 0 Å². The number of carbonyl (C=O) groups is 1. The standard InChI is InChI=1S/C9H6Br2FNO5/c1-17-8-5(11)7(13(15)16)4(10)3(6(8)12)9(14)18-2/h1-2H3. The molecule has 0 amide bonds. The predicted octanol–water partition coefficient (Wildman–Crippen LogP) is 3.05. The Morgan fingerprint density at radius 3 is 2.28 bits per heavy atom. The molecule has 98 valence electrons. The fraction of sp³-hybridized carbons (Fsp3) is 0.222. The van der Waals surface area contributed by atoms with Crippen LogP contribution in [0.1, 0.15) is 10.4 Å². The minimum atomic E-state index is -1.05. The van der Waals surface area contributed by atoms with Crippen LogP contribution in [0.25, 0.3) is 0 Å². The molecule has 0 fully saturated rings. The van der Waals surface area contributed by atoms with E-state index in [1.54, 1.807) is 0 Å². The fourth-order valence-electron chi connectivity index (χ4n) is 1.25. The minimum Gasteiger partial charge on any atom is -0.492 e. The molecule has 0 bridgehead atoms. The van der Waals surface area contributed by atoms with Gasteiger partial charge in [0.1, 0.15) is 14.5 Å². The number of rotatable bonds is 3. The Balaban J connectivity index is 3.78. The van der Waals surface area contributed by atoms with E-state index in [-0.39, 0.29) is 8.95 Å². The van der Waals surface area contributed by atoms with Gasteiger partial charge in [0.2, 0.25) is 0 Å². The van der Waals surface area contributed by atoms with E-state index >= 15 is 0 Å². The summed E-state index contributed by atoms with van der Waals surface area (Å²) in [5.74, 6) is -2.53. The zero-order valence-corrected chi connectivity index (χ0v) is 12.3. The van der Waals surface area contributed by atoms with Gasteiger partial charge in [0.15, 0.2) is 11.6 Å². The van der Waals surface area contributed by atoms with Crippen molar-refractivity contribution in [1.29, 1.82) is 0 Å². The quantitative estimate of drug-likeness (QED) is 0.453. The molecule has 0 atom stereocenters. The molecule has 18 heavy (non-hydrogen) atoms. The largest absolute Gasteiger partial charge is 0.492 e. The second kappa shape index (κ2) is 5.61. The molecule has 1 rings (SSSR count). The molecule has 0 radical (unpaired) electrons. The fourth-order valence-corrected chi connectivity index (χ4v) is 2.87. The van der Waals surface area contributed by atoms with Gasteiger partial charge in [-0.15, -0.1) is 0 Å². The topological polar surface area (TPSA) is 78.7 Å². The zero-order valence-electron chi connectivity index (χ0n) is 9.12. The van der Waals surface area contributed by atoms with Crippen molar-refractivity contribution in [2.24, 2.45) is 0 Å². The van der Waals surface area contributed by atoms with Crippen LogP contribution in [0.3, 0.4) is 0 Å². The number of esters is 1. The van der Waals surface area contributed by atoms with Crippen LogP contribution in [0.2, 0.25) is 0 Å². The normalized spacial score (nSPS) is 10.1. The molecule has 0 saturated heterocycles. The zero-order chi connectivity index (χ0) is 14.0. The summed E-state index contributed by atoms with van der Waals surface area (Å²) >= 11 is 5.68. The van der Waals surface area contributed by atoms with E-state index < -0.39 is 33.7 Å². The van der Waals surface area contributed by atoms with E-state index in [1.807, 2.05) is 0 Å². The van der Waals surface area contributed by atoms with Crippen LogP contribution >= 0.6 is 31.9 Å². The summed E-state index contributed by atoms with van der Waals surface area (Å²) in [6.07, 6.45) is 0. The highest BCUT2D eigenvalue weighted by atomic mass is 79.9. The van der Waals surface area contributed by atoms with Gasteiger partial charge in [0.05, 0.1) is 19.1 Å². The van der Waals surface area contributed by atoms with Crippen molar-refractivity contribution in [3.63, 3.8) is 0 Å². The van der Waals surface area contributed by atoms with Crippen molar-refractivity contribution in [1.82, 2.24) is 0 Å². The van der Waals surface area contributed by atoms with Gasteiger partial charge < -0.3 is 9.47 Å². The number of nitro groups is 1. The van der Waals surface area contributed by atoms with E-state index in [0.717, 1.165) is 14.2 Å². The lowest BCUT2D eigenvalue weighted by atomic mass is 10.1. The SMILES string of the molecule is COC(=O)c1c(F)c(OC)c(Br)c([N+](=O)[O-])c1Br. The number of ether oxygens (including phenoxy) is 2. The molecule has 6 nitrogen and oxygen atoms in total. The maximum absolute atomic E-state index is 14.0. The Bertz CT molecular complexity index is 534. The third-order valence-electron chi connectivity index (χ3n) is 2.03. The highest BCUT2D eigenvalue weighted by Gasteiger charge is 2.33. The molecule has 0 aliphatic heterocycles. The van der Waals surface area contributed by atoms with Crippen molar-refractivity contribution in [2.45, 2.75) is 0 Å². The molecular weight excluding hydrogens is 381 g/mol. The summed E-state index contributed by atoms with van der Waals surface area (Å²) in [5.41, 5.74) is -1.11. The van der Waals surface area contributed by atoms with Crippen LogP contribution < -0.4 is 4.74 Å².